The van der Waals surface area contributed by atoms with Gasteiger partial charge in [0.25, 0.3) is 0 Å². The number of piperidine rings is 1. The summed E-state index contributed by atoms with van der Waals surface area (Å²) in [4.78, 5) is 2.58. The fraction of sp³-hybridized carbons (Fsp3) is 1.00. The highest BCUT2D eigenvalue weighted by Crippen LogP contribution is 2.30. The minimum absolute atomic E-state index is 0.526. The Hall–Kier alpha value is -0.120. The summed E-state index contributed by atoms with van der Waals surface area (Å²) < 4.78 is 5.43. The van der Waals surface area contributed by atoms with Gasteiger partial charge < -0.3 is 15.0 Å². The van der Waals surface area contributed by atoms with E-state index in [2.05, 4.69) is 24.2 Å². The van der Waals surface area contributed by atoms with E-state index in [1.807, 2.05) is 0 Å². The molecule has 0 aromatic heterocycles. The Morgan fingerprint density at radius 2 is 1.88 bits per heavy atom. The Labute approximate surface area is 99.5 Å². The van der Waals surface area contributed by atoms with E-state index in [0.717, 1.165) is 19.3 Å². The molecule has 0 aromatic carbocycles. The monoisotopic (exact) mass is 226 g/mol. The van der Waals surface area contributed by atoms with Crippen molar-refractivity contribution < 1.29 is 4.74 Å². The highest BCUT2D eigenvalue weighted by Gasteiger charge is 2.30. The van der Waals surface area contributed by atoms with Gasteiger partial charge in [-0.25, -0.2) is 0 Å². The van der Waals surface area contributed by atoms with Crippen LogP contribution in [-0.4, -0.2) is 50.8 Å². The minimum atomic E-state index is 0.526. The zero-order valence-electron chi connectivity index (χ0n) is 10.8. The average Bonchev–Trinajstić information content (AvgIpc) is 2.30. The lowest BCUT2D eigenvalue weighted by Gasteiger charge is -2.41. The highest BCUT2D eigenvalue weighted by molar-refractivity contribution is 4.85. The lowest BCUT2D eigenvalue weighted by Crippen LogP contribution is -2.46. The number of rotatable bonds is 3. The topological polar surface area (TPSA) is 24.5 Å². The molecule has 2 aliphatic heterocycles. The molecular formula is C13H26N2O. The van der Waals surface area contributed by atoms with E-state index in [-0.39, 0.29) is 0 Å². The lowest BCUT2D eigenvalue weighted by molar-refractivity contribution is 0.0247. The molecule has 0 radical (unpaired) electrons. The molecule has 0 bridgehead atoms. The van der Waals surface area contributed by atoms with Gasteiger partial charge in [-0.05, 0) is 51.2 Å². The van der Waals surface area contributed by atoms with Crippen molar-refractivity contribution >= 4 is 0 Å². The van der Waals surface area contributed by atoms with E-state index in [0.29, 0.717) is 5.41 Å². The maximum Gasteiger partial charge on any atom is 0.0480 e. The van der Waals surface area contributed by atoms with E-state index >= 15 is 0 Å². The van der Waals surface area contributed by atoms with Gasteiger partial charge in [0.05, 0.1) is 0 Å². The molecule has 2 saturated heterocycles. The second-order valence-electron chi connectivity index (χ2n) is 5.82. The second-order valence-corrected chi connectivity index (χ2v) is 5.82. The number of nitrogens with zero attached hydrogens (tertiary/aromatic N) is 1. The number of ether oxygens (including phenoxy) is 1. The first-order valence-corrected chi connectivity index (χ1v) is 6.68. The molecule has 3 heteroatoms. The van der Waals surface area contributed by atoms with Crippen LogP contribution in [0.1, 0.15) is 32.6 Å². The fourth-order valence-electron chi connectivity index (χ4n) is 3.05. The summed E-state index contributed by atoms with van der Waals surface area (Å²) in [6.07, 6.45) is 5.07. The van der Waals surface area contributed by atoms with Crippen molar-refractivity contribution in [2.24, 2.45) is 5.41 Å². The predicted molar refractivity (Wildman–Crippen MR) is 66.7 cm³/mol. The van der Waals surface area contributed by atoms with Crippen LogP contribution in [0.25, 0.3) is 0 Å². The van der Waals surface area contributed by atoms with Gasteiger partial charge in [-0.2, -0.15) is 0 Å². The van der Waals surface area contributed by atoms with Crippen molar-refractivity contribution in [1.29, 1.82) is 0 Å². The molecule has 0 amide bonds. The van der Waals surface area contributed by atoms with Crippen molar-refractivity contribution in [1.82, 2.24) is 10.2 Å². The molecular weight excluding hydrogens is 200 g/mol. The van der Waals surface area contributed by atoms with Crippen LogP contribution in [0.5, 0.6) is 0 Å². The van der Waals surface area contributed by atoms with E-state index in [4.69, 9.17) is 4.74 Å². The summed E-state index contributed by atoms with van der Waals surface area (Å²) in [6, 6.07) is 0.750. The maximum absolute atomic E-state index is 5.43. The van der Waals surface area contributed by atoms with Gasteiger partial charge >= 0.3 is 0 Å². The highest BCUT2D eigenvalue weighted by atomic mass is 16.5. The van der Waals surface area contributed by atoms with Gasteiger partial charge in [-0.15, -0.1) is 0 Å². The van der Waals surface area contributed by atoms with Crippen LogP contribution in [-0.2, 0) is 4.74 Å². The molecule has 0 aliphatic carbocycles. The zero-order chi connectivity index (χ0) is 11.4. The Morgan fingerprint density at radius 3 is 2.50 bits per heavy atom. The first-order chi connectivity index (χ1) is 7.70. The summed E-state index contributed by atoms with van der Waals surface area (Å²) in [5.41, 5.74) is 0.526. The summed E-state index contributed by atoms with van der Waals surface area (Å²) >= 11 is 0. The van der Waals surface area contributed by atoms with Crippen molar-refractivity contribution in [2.75, 3.05) is 39.9 Å². The standard InChI is InChI=1S/C13H26N2O/c1-13(5-7-14-8-6-13)11-15(2)12-3-9-16-10-4-12/h12,14H,3-11H2,1-2H3. The molecule has 3 nitrogen and oxygen atoms in total. The smallest absolute Gasteiger partial charge is 0.0480 e. The second kappa shape index (κ2) is 5.48. The first kappa shape index (κ1) is 12.3. The summed E-state index contributed by atoms with van der Waals surface area (Å²) in [6.45, 7) is 7.99. The Morgan fingerprint density at radius 1 is 1.25 bits per heavy atom. The van der Waals surface area contributed by atoms with Crippen LogP contribution >= 0.6 is 0 Å². The maximum atomic E-state index is 5.43. The fourth-order valence-corrected chi connectivity index (χ4v) is 3.05. The van der Waals surface area contributed by atoms with Crippen LogP contribution in [0.2, 0.25) is 0 Å². The van der Waals surface area contributed by atoms with Gasteiger partial charge in [0, 0.05) is 25.8 Å². The molecule has 2 fully saturated rings. The molecule has 16 heavy (non-hydrogen) atoms. The van der Waals surface area contributed by atoms with E-state index < -0.39 is 0 Å². The quantitative estimate of drug-likeness (QED) is 0.789. The molecule has 0 unspecified atom stereocenters. The average molecular weight is 226 g/mol. The summed E-state index contributed by atoms with van der Waals surface area (Å²) in [7, 11) is 2.29. The summed E-state index contributed by atoms with van der Waals surface area (Å²) in [5.74, 6) is 0. The van der Waals surface area contributed by atoms with E-state index in [1.54, 1.807) is 0 Å². The molecule has 0 aromatic rings. The van der Waals surface area contributed by atoms with Gasteiger partial charge in [-0.1, -0.05) is 6.92 Å². The van der Waals surface area contributed by atoms with Crippen LogP contribution in [0.15, 0.2) is 0 Å². The largest absolute Gasteiger partial charge is 0.381 e. The number of hydrogen-bond acceptors (Lipinski definition) is 3. The van der Waals surface area contributed by atoms with Crippen LogP contribution in [0, 0.1) is 5.41 Å². The van der Waals surface area contributed by atoms with Gasteiger partial charge in [0.15, 0.2) is 0 Å². The first-order valence-electron chi connectivity index (χ1n) is 6.68. The lowest BCUT2D eigenvalue weighted by atomic mass is 9.80. The van der Waals surface area contributed by atoms with Crippen molar-refractivity contribution in [3.05, 3.63) is 0 Å². The zero-order valence-corrected chi connectivity index (χ0v) is 10.8. The molecule has 0 spiro atoms. The molecule has 2 rings (SSSR count). The van der Waals surface area contributed by atoms with Gasteiger partial charge in [0.1, 0.15) is 0 Å². The number of hydrogen-bond donors (Lipinski definition) is 1. The third-order valence-electron chi connectivity index (χ3n) is 4.26. The van der Waals surface area contributed by atoms with Gasteiger partial charge in [0.2, 0.25) is 0 Å². The Kier molecular flexibility index (Phi) is 4.22. The molecule has 0 saturated carbocycles. The molecule has 0 atom stereocenters. The van der Waals surface area contributed by atoms with Crippen LogP contribution < -0.4 is 5.32 Å². The predicted octanol–water partition coefficient (Wildman–Crippen LogP) is 1.49. The molecule has 1 N–H and O–H groups in total. The summed E-state index contributed by atoms with van der Waals surface area (Å²) in [5, 5.41) is 3.45. The Balaban J connectivity index is 1.82. The molecule has 2 heterocycles. The molecule has 94 valence electrons. The third kappa shape index (κ3) is 3.19. The van der Waals surface area contributed by atoms with Crippen LogP contribution in [0.3, 0.4) is 0 Å². The Bertz CT molecular complexity index is 208. The van der Waals surface area contributed by atoms with Crippen molar-refractivity contribution in [3.8, 4) is 0 Å². The van der Waals surface area contributed by atoms with E-state index in [1.165, 1.54) is 45.3 Å². The molecule has 2 aliphatic rings. The SMILES string of the molecule is CN(CC1(C)CCNCC1)C1CCOCC1. The van der Waals surface area contributed by atoms with Gasteiger partial charge in [-0.3, -0.25) is 0 Å². The van der Waals surface area contributed by atoms with E-state index in [9.17, 15) is 0 Å². The number of nitrogens with one attached hydrogen (secondary N) is 1. The van der Waals surface area contributed by atoms with Crippen molar-refractivity contribution in [3.63, 3.8) is 0 Å². The van der Waals surface area contributed by atoms with Crippen LogP contribution in [0.4, 0.5) is 0 Å². The minimum Gasteiger partial charge on any atom is -0.381 e. The van der Waals surface area contributed by atoms with Crippen molar-refractivity contribution in [2.45, 2.75) is 38.6 Å². The third-order valence-corrected chi connectivity index (χ3v) is 4.26. The normalized spacial score (nSPS) is 27.2.